The van der Waals surface area contributed by atoms with Gasteiger partial charge in [0.15, 0.2) is 0 Å². The van der Waals surface area contributed by atoms with Crippen molar-refractivity contribution in [3.8, 4) is 0 Å². The average Bonchev–Trinajstić information content (AvgIpc) is 1.61. The molecule has 0 saturated carbocycles. The zero-order valence-electron chi connectivity index (χ0n) is 5.43. The lowest BCUT2D eigenvalue weighted by molar-refractivity contribution is 0.275. The van der Waals surface area contributed by atoms with E-state index in [1.165, 1.54) is 0 Å². The molecule has 7 N–H and O–H groups in total. The third-order valence-corrected chi connectivity index (χ3v) is 0.333. The van der Waals surface area contributed by atoms with Crippen LogP contribution in [0.15, 0.2) is 11.9 Å². The summed E-state index contributed by atoms with van der Waals surface area (Å²) in [6, 6.07) is 0. The maximum absolute atomic E-state index is 8.88. The Bertz CT molecular complexity index is 138. The Morgan fingerprint density at radius 2 is 1.50 bits per heavy atom. The number of phosphoric acid groups is 1. The number of hydrogen-bond acceptors (Lipinski definition) is 3. The van der Waals surface area contributed by atoms with E-state index in [-0.39, 0.29) is 0 Å². The van der Waals surface area contributed by atoms with Crippen molar-refractivity contribution in [2.75, 3.05) is 0 Å². The van der Waals surface area contributed by atoms with Crippen LogP contribution in [0.1, 0.15) is 6.92 Å². The van der Waals surface area contributed by atoms with E-state index < -0.39 is 7.82 Å². The topological polar surface area (TPSA) is 130 Å². The van der Waals surface area contributed by atoms with Gasteiger partial charge in [0.1, 0.15) is 0 Å². The van der Waals surface area contributed by atoms with Crippen LogP contribution in [0.3, 0.4) is 0 Å². The molecule has 0 heterocycles. The van der Waals surface area contributed by atoms with E-state index in [0.29, 0.717) is 5.82 Å². The van der Waals surface area contributed by atoms with Gasteiger partial charge in [-0.1, -0.05) is 0 Å². The second kappa shape index (κ2) is 5.25. The molecule has 6 nitrogen and oxygen atoms in total. The van der Waals surface area contributed by atoms with Crippen molar-refractivity contribution in [1.29, 1.82) is 0 Å². The van der Waals surface area contributed by atoms with Crippen LogP contribution < -0.4 is 11.5 Å². The highest BCUT2D eigenvalue weighted by Crippen LogP contribution is 2.25. The molecule has 0 radical (unpaired) electrons. The Kier molecular flexibility index (Phi) is 6.38. The Morgan fingerprint density at radius 3 is 1.50 bits per heavy atom. The Labute approximate surface area is 58.4 Å². The molecule has 0 amide bonds. The maximum Gasteiger partial charge on any atom is 0.466 e. The molecule has 0 saturated heterocycles. The van der Waals surface area contributed by atoms with Gasteiger partial charge >= 0.3 is 7.82 Å². The standard InChI is InChI=1S/C3H8N2.H3O4P/c1-2-3(4)5;1-5(2,3)4/h2H,4-5H2,1H3;(H3,1,2,3,4). The van der Waals surface area contributed by atoms with Gasteiger partial charge in [-0.25, -0.2) is 4.57 Å². The summed E-state index contributed by atoms with van der Waals surface area (Å²) in [5.74, 6) is 0.380. The van der Waals surface area contributed by atoms with E-state index in [1.807, 2.05) is 0 Å². The summed E-state index contributed by atoms with van der Waals surface area (Å²) in [6.45, 7) is 1.79. The van der Waals surface area contributed by atoms with Gasteiger partial charge in [0.05, 0.1) is 5.82 Å². The summed E-state index contributed by atoms with van der Waals surface area (Å²) in [6.07, 6.45) is 1.64. The highest BCUT2D eigenvalue weighted by Gasteiger charge is 2.00. The summed E-state index contributed by atoms with van der Waals surface area (Å²) in [5, 5.41) is 0. The van der Waals surface area contributed by atoms with Gasteiger partial charge in [0.2, 0.25) is 0 Å². The highest BCUT2D eigenvalue weighted by atomic mass is 31.2. The smallest absolute Gasteiger partial charge is 0.386 e. The normalized spacial score (nSPS) is 9.20. The van der Waals surface area contributed by atoms with Crippen LogP contribution in [0.2, 0.25) is 0 Å². The van der Waals surface area contributed by atoms with Gasteiger partial charge in [-0.3, -0.25) is 0 Å². The third kappa shape index (κ3) is 147. The molecule has 10 heavy (non-hydrogen) atoms. The lowest BCUT2D eigenvalue weighted by Crippen LogP contribution is -2.06. The van der Waals surface area contributed by atoms with Crippen LogP contribution in [-0.4, -0.2) is 14.7 Å². The van der Waals surface area contributed by atoms with Crippen LogP contribution in [-0.2, 0) is 4.57 Å². The molecule has 0 atom stereocenters. The van der Waals surface area contributed by atoms with Crippen molar-refractivity contribution in [3.05, 3.63) is 11.9 Å². The fourth-order valence-corrected chi connectivity index (χ4v) is 0. The van der Waals surface area contributed by atoms with Crippen LogP contribution in [0.25, 0.3) is 0 Å². The monoisotopic (exact) mass is 170 g/mol. The molecular formula is C3H11N2O4P. The maximum atomic E-state index is 8.88. The molecule has 0 bridgehead atoms. The van der Waals surface area contributed by atoms with Crippen LogP contribution in [0, 0.1) is 0 Å². The first-order valence-electron chi connectivity index (χ1n) is 2.23. The molecule has 0 unspecified atom stereocenters. The molecule has 0 rings (SSSR count). The minimum atomic E-state index is -4.64. The Morgan fingerprint density at radius 1 is 1.40 bits per heavy atom. The van der Waals surface area contributed by atoms with Gasteiger partial charge in [-0.15, -0.1) is 0 Å². The molecule has 0 spiro atoms. The van der Waals surface area contributed by atoms with Gasteiger partial charge in [-0.2, -0.15) is 0 Å². The van der Waals surface area contributed by atoms with Gasteiger partial charge in [0.25, 0.3) is 0 Å². The molecule has 0 aromatic carbocycles. The number of nitrogens with two attached hydrogens (primary N) is 2. The molecule has 0 aromatic rings. The zero-order chi connectivity index (χ0) is 8.78. The first-order valence-corrected chi connectivity index (χ1v) is 3.79. The van der Waals surface area contributed by atoms with E-state index >= 15 is 0 Å². The minimum absolute atomic E-state index is 0.380. The molecule has 0 aliphatic rings. The molecule has 0 fully saturated rings. The lowest BCUT2D eigenvalue weighted by Gasteiger charge is -1.82. The summed E-state index contributed by atoms with van der Waals surface area (Å²) >= 11 is 0. The van der Waals surface area contributed by atoms with E-state index in [9.17, 15) is 0 Å². The van der Waals surface area contributed by atoms with E-state index in [0.717, 1.165) is 0 Å². The average molecular weight is 170 g/mol. The van der Waals surface area contributed by atoms with Crippen molar-refractivity contribution in [2.45, 2.75) is 6.92 Å². The number of rotatable bonds is 0. The largest absolute Gasteiger partial charge is 0.466 e. The first-order chi connectivity index (χ1) is 4.27. The highest BCUT2D eigenvalue weighted by molar-refractivity contribution is 7.45. The predicted molar refractivity (Wildman–Crippen MR) is 36.4 cm³/mol. The van der Waals surface area contributed by atoms with Crippen LogP contribution >= 0.6 is 7.82 Å². The molecule has 62 valence electrons. The summed E-state index contributed by atoms with van der Waals surface area (Å²) in [7, 11) is -4.64. The summed E-state index contributed by atoms with van der Waals surface area (Å²) in [5.41, 5.74) is 9.86. The van der Waals surface area contributed by atoms with Crippen molar-refractivity contribution in [1.82, 2.24) is 0 Å². The predicted octanol–water partition coefficient (Wildman–Crippen LogP) is -1.16. The molecule has 0 aromatic heterocycles. The second-order valence-electron chi connectivity index (χ2n) is 1.30. The fourth-order valence-electron chi connectivity index (χ4n) is 0. The van der Waals surface area contributed by atoms with E-state index in [4.69, 9.17) is 30.7 Å². The number of hydrogen-bond donors (Lipinski definition) is 5. The van der Waals surface area contributed by atoms with Crippen LogP contribution in [0.4, 0.5) is 0 Å². The molecule has 7 heteroatoms. The van der Waals surface area contributed by atoms with E-state index in [1.54, 1.807) is 13.0 Å². The zero-order valence-corrected chi connectivity index (χ0v) is 6.32. The summed E-state index contributed by atoms with van der Waals surface area (Å²) in [4.78, 5) is 21.6. The van der Waals surface area contributed by atoms with Gasteiger partial charge in [0, 0.05) is 0 Å². The second-order valence-corrected chi connectivity index (χ2v) is 2.33. The van der Waals surface area contributed by atoms with Crippen molar-refractivity contribution >= 4 is 7.82 Å². The molecular weight excluding hydrogens is 159 g/mol. The van der Waals surface area contributed by atoms with Crippen molar-refractivity contribution < 1.29 is 19.2 Å². The summed E-state index contributed by atoms with van der Waals surface area (Å²) < 4.78 is 8.88. The minimum Gasteiger partial charge on any atom is -0.386 e. The van der Waals surface area contributed by atoms with Crippen LogP contribution in [0.5, 0.6) is 0 Å². The van der Waals surface area contributed by atoms with Gasteiger partial charge < -0.3 is 26.1 Å². The lowest BCUT2D eigenvalue weighted by atomic mass is 10.6. The number of allylic oxidation sites excluding steroid dienone is 1. The quantitative estimate of drug-likeness (QED) is 0.291. The first kappa shape index (κ1) is 12.2. The molecule has 0 aliphatic heterocycles. The van der Waals surface area contributed by atoms with Crippen molar-refractivity contribution in [2.24, 2.45) is 11.5 Å². The Hall–Kier alpha value is -0.550. The fraction of sp³-hybridized carbons (Fsp3) is 0.333. The van der Waals surface area contributed by atoms with Crippen molar-refractivity contribution in [3.63, 3.8) is 0 Å². The molecule has 0 aliphatic carbocycles. The van der Waals surface area contributed by atoms with Gasteiger partial charge in [-0.05, 0) is 13.0 Å². The SMILES string of the molecule is CC=C(N)N.O=P(O)(O)O. The third-order valence-electron chi connectivity index (χ3n) is 0.333. The van der Waals surface area contributed by atoms with E-state index in [2.05, 4.69) is 0 Å². The Balaban J connectivity index is 0.